The van der Waals surface area contributed by atoms with Crippen LogP contribution in [0.15, 0.2) is 54.9 Å². The summed E-state index contributed by atoms with van der Waals surface area (Å²) in [4.78, 5) is 21.6. The van der Waals surface area contributed by atoms with Crippen LogP contribution >= 0.6 is 0 Å². The van der Waals surface area contributed by atoms with Crippen molar-refractivity contribution in [3.8, 4) is 0 Å². The Bertz CT molecular complexity index is 940. The number of anilines is 2. The van der Waals surface area contributed by atoms with Crippen LogP contribution in [-0.4, -0.2) is 52.7 Å². The van der Waals surface area contributed by atoms with E-state index in [0.29, 0.717) is 19.1 Å². The average molecular weight is 363 g/mol. The summed E-state index contributed by atoms with van der Waals surface area (Å²) in [5.41, 5.74) is 2.03. The van der Waals surface area contributed by atoms with E-state index in [9.17, 15) is 4.79 Å². The molecule has 27 heavy (non-hydrogen) atoms. The van der Waals surface area contributed by atoms with Crippen LogP contribution in [0.1, 0.15) is 13.8 Å². The second kappa shape index (κ2) is 7.31. The predicted octanol–water partition coefficient (Wildman–Crippen LogP) is 3.65. The summed E-state index contributed by atoms with van der Waals surface area (Å²) in [6.45, 7) is 7.18. The van der Waals surface area contributed by atoms with Gasteiger partial charge in [0.2, 0.25) is 0 Å². The summed E-state index contributed by atoms with van der Waals surface area (Å²) in [7, 11) is 0. The number of para-hydroxylation sites is 1. The minimum absolute atomic E-state index is 0.0408. The molecular formula is C21H25N5O. The van der Waals surface area contributed by atoms with Crippen molar-refractivity contribution in [3.63, 3.8) is 0 Å². The van der Waals surface area contributed by atoms with Crippen molar-refractivity contribution >= 4 is 28.4 Å². The Morgan fingerprint density at radius 1 is 1.07 bits per heavy atom. The van der Waals surface area contributed by atoms with Crippen molar-refractivity contribution in [2.45, 2.75) is 19.9 Å². The van der Waals surface area contributed by atoms with Crippen molar-refractivity contribution < 1.29 is 4.79 Å². The molecule has 1 aliphatic heterocycles. The monoisotopic (exact) mass is 363 g/mol. The topological polar surface area (TPSA) is 53.4 Å². The van der Waals surface area contributed by atoms with Gasteiger partial charge < -0.3 is 15.1 Å². The Balaban J connectivity index is 1.44. The number of nitrogens with zero attached hydrogens (tertiary/aromatic N) is 4. The average Bonchev–Trinajstić information content (AvgIpc) is 3.11. The van der Waals surface area contributed by atoms with Gasteiger partial charge in [-0.2, -0.15) is 0 Å². The lowest BCUT2D eigenvalue weighted by Crippen LogP contribution is -2.50. The van der Waals surface area contributed by atoms with Crippen LogP contribution in [-0.2, 0) is 0 Å². The highest BCUT2D eigenvalue weighted by molar-refractivity contribution is 5.91. The SMILES string of the molecule is CC(C)Nc1ccnc(N2CCN(C(=O)n3ccc4ccccc43)CC2)c1. The van der Waals surface area contributed by atoms with Gasteiger partial charge >= 0.3 is 6.03 Å². The van der Waals surface area contributed by atoms with Gasteiger partial charge in [0.15, 0.2) is 0 Å². The number of carbonyl (C=O) groups excluding carboxylic acids is 1. The second-order valence-electron chi connectivity index (χ2n) is 7.20. The van der Waals surface area contributed by atoms with E-state index in [2.05, 4.69) is 35.1 Å². The fraction of sp³-hybridized carbons (Fsp3) is 0.333. The molecule has 0 saturated carbocycles. The molecule has 6 nitrogen and oxygen atoms in total. The van der Waals surface area contributed by atoms with E-state index in [-0.39, 0.29) is 6.03 Å². The molecule has 0 bridgehead atoms. The number of fused-ring (bicyclic) bond motifs is 1. The molecule has 0 radical (unpaired) electrons. The summed E-state index contributed by atoms with van der Waals surface area (Å²) < 4.78 is 1.75. The quantitative estimate of drug-likeness (QED) is 0.772. The molecule has 1 fully saturated rings. The minimum Gasteiger partial charge on any atom is -0.383 e. The number of aromatic nitrogens is 2. The summed E-state index contributed by atoms with van der Waals surface area (Å²) in [6, 6.07) is 14.4. The number of hydrogen-bond donors (Lipinski definition) is 1. The maximum Gasteiger partial charge on any atom is 0.328 e. The first-order chi connectivity index (χ1) is 13.1. The smallest absolute Gasteiger partial charge is 0.328 e. The summed E-state index contributed by atoms with van der Waals surface area (Å²) in [6.07, 6.45) is 3.70. The predicted molar refractivity (Wildman–Crippen MR) is 110 cm³/mol. The van der Waals surface area contributed by atoms with Gasteiger partial charge in [0, 0.05) is 61.8 Å². The van der Waals surface area contributed by atoms with Gasteiger partial charge in [-0.25, -0.2) is 9.78 Å². The number of carbonyl (C=O) groups is 1. The molecule has 1 aromatic carbocycles. The highest BCUT2D eigenvalue weighted by Gasteiger charge is 2.23. The lowest BCUT2D eigenvalue weighted by atomic mass is 10.2. The third-order valence-corrected chi connectivity index (χ3v) is 4.88. The van der Waals surface area contributed by atoms with Crippen LogP contribution in [0.2, 0.25) is 0 Å². The molecule has 2 aromatic heterocycles. The molecule has 0 aliphatic carbocycles. The van der Waals surface area contributed by atoms with Gasteiger partial charge in [-0.15, -0.1) is 0 Å². The number of piperazine rings is 1. The first-order valence-electron chi connectivity index (χ1n) is 9.45. The van der Waals surface area contributed by atoms with Crippen LogP contribution in [0.3, 0.4) is 0 Å². The lowest BCUT2D eigenvalue weighted by molar-refractivity contribution is 0.197. The summed E-state index contributed by atoms with van der Waals surface area (Å²) >= 11 is 0. The molecular weight excluding hydrogens is 338 g/mol. The van der Waals surface area contributed by atoms with Gasteiger partial charge in [0.25, 0.3) is 0 Å². The van der Waals surface area contributed by atoms with Gasteiger partial charge in [-0.3, -0.25) is 4.57 Å². The van der Waals surface area contributed by atoms with Crippen LogP contribution in [0.4, 0.5) is 16.3 Å². The Hall–Kier alpha value is -3.02. The summed E-state index contributed by atoms with van der Waals surface area (Å²) in [5, 5.41) is 4.50. The van der Waals surface area contributed by atoms with Gasteiger partial charge in [-0.05, 0) is 32.0 Å². The van der Waals surface area contributed by atoms with E-state index in [1.54, 1.807) is 4.57 Å². The molecule has 140 valence electrons. The maximum absolute atomic E-state index is 12.9. The van der Waals surface area contributed by atoms with Crippen LogP contribution in [0.5, 0.6) is 0 Å². The van der Waals surface area contributed by atoms with E-state index in [1.807, 2.05) is 53.7 Å². The zero-order valence-corrected chi connectivity index (χ0v) is 15.8. The fourth-order valence-corrected chi connectivity index (χ4v) is 3.54. The van der Waals surface area contributed by atoms with Gasteiger partial charge in [0.05, 0.1) is 5.52 Å². The number of benzene rings is 1. The third kappa shape index (κ3) is 3.60. The number of hydrogen-bond acceptors (Lipinski definition) is 4. The van der Waals surface area contributed by atoms with Gasteiger partial charge in [-0.1, -0.05) is 18.2 Å². The Kier molecular flexibility index (Phi) is 4.71. The third-order valence-electron chi connectivity index (χ3n) is 4.88. The maximum atomic E-state index is 12.9. The standard InChI is InChI=1S/C21H25N5O/c1-16(2)23-18-7-9-22-20(15-18)24-11-13-25(14-12-24)21(27)26-10-8-17-5-3-4-6-19(17)26/h3-10,15-16H,11-14H2,1-2H3,(H,22,23). The summed E-state index contributed by atoms with van der Waals surface area (Å²) in [5.74, 6) is 0.958. The molecule has 1 N–H and O–H groups in total. The molecule has 0 unspecified atom stereocenters. The van der Waals surface area contributed by atoms with Crippen molar-refractivity contribution in [2.75, 3.05) is 36.4 Å². The van der Waals surface area contributed by atoms with Crippen LogP contribution < -0.4 is 10.2 Å². The van der Waals surface area contributed by atoms with E-state index in [4.69, 9.17) is 0 Å². The number of pyridine rings is 1. The second-order valence-corrected chi connectivity index (χ2v) is 7.20. The highest BCUT2D eigenvalue weighted by atomic mass is 16.2. The number of nitrogens with one attached hydrogen (secondary N) is 1. The van der Waals surface area contributed by atoms with E-state index in [1.165, 1.54) is 0 Å². The number of rotatable bonds is 3. The van der Waals surface area contributed by atoms with Crippen molar-refractivity contribution in [1.29, 1.82) is 0 Å². The van der Waals surface area contributed by atoms with E-state index in [0.717, 1.165) is 35.5 Å². The zero-order valence-electron chi connectivity index (χ0n) is 15.8. The van der Waals surface area contributed by atoms with Gasteiger partial charge in [0.1, 0.15) is 5.82 Å². The molecule has 3 aromatic rings. The highest BCUT2D eigenvalue weighted by Crippen LogP contribution is 2.20. The fourth-order valence-electron chi connectivity index (χ4n) is 3.54. The molecule has 1 aliphatic rings. The Labute approximate surface area is 159 Å². The Morgan fingerprint density at radius 3 is 2.63 bits per heavy atom. The normalized spacial score (nSPS) is 14.8. The minimum atomic E-state index is 0.0408. The zero-order chi connectivity index (χ0) is 18.8. The van der Waals surface area contributed by atoms with Crippen molar-refractivity contribution in [2.24, 2.45) is 0 Å². The van der Waals surface area contributed by atoms with E-state index < -0.39 is 0 Å². The first-order valence-corrected chi connectivity index (χ1v) is 9.45. The molecule has 4 rings (SSSR count). The van der Waals surface area contributed by atoms with Crippen LogP contribution in [0, 0.1) is 0 Å². The van der Waals surface area contributed by atoms with Crippen LogP contribution in [0.25, 0.3) is 10.9 Å². The van der Waals surface area contributed by atoms with Crippen molar-refractivity contribution in [1.82, 2.24) is 14.5 Å². The molecule has 1 saturated heterocycles. The van der Waals surface area contributed by atoms with E-state index >= 15 is 0 Å². The molecule has 1 amide bonds. The lowest BCUT2D eigenvalue weighted by Gasteiger charge is -2.35. The molecule has 0 atom stereocenters. The Morgan fingerprint density at radius 2 is 1.85 bits per heavy atom. The number of amides is 1. The first kappa shape index (κ1) is 17.4. The van der Waals surface area contributed by atoms with Crippen molar-refractivity contribution in [3.05, 3.63) is 54.9 Å². The molecule has 6 heteroatoms. The largest absolute Gasteiger partial charge is 0.383 e. The molecule has 3 heterocycles. The molecule has 0 spiro atoms.